The number of fused-ring (bicyclic) bond motifs is 1. The minimum Gasteiger partial charge on any atom is -0.355 e. The lowest BCUT2D eigenvalue weighted by Gasteiger charge is -2.20. The molecular weight excluding hydrogens is 437 g/mol. The van der Waals surface area contributed by atoms with Gasteiger partial charge in [-0.3, -0.25) is 23.8 Å². The number of hydrogen-bond donors (Lipinski definition) is 1. The Hall–Kier alpha value is -3.27. The molecule has 2 aliphatic rings. The van der Waals surface area contributed by atoms with E-state index in [4.69, 9.17) is 11.6 Å². The molecule has 5 rings (SSSR count). The van der Waals surface area contributed by atoms with E-state index < -0.39 is 5.82 Å². The third-order valence-electron chi connectivity index (χ3n) is 6.43. The molecule has 0 radical (unpaired) electrons. The van der Waals surface area contributed by atoms with Crippen LogP contribution in [0.5, 0.6) is 0 Å². The summed E-state index contributed by atoms with van der Waals surface area (Å²) in [6.45, 7) is 1.94. The Morgan fingerprint density at radius 2 is 2.03 bits per heavy atom. The summed E-state index contributed by atoms with van der Waals surface area (Å²) in [4.78, 5) is 35.1. The van der Waals surface area contributed by atoms with Crippen LogP contribution in [-0.2, 0) is 14.1 Å². The van der Waals surface area contributed by atoms with E-state index in [1.54, 1.807) is 14.1 Å². The minimum atomic E-state index is -0.533. The molecular formula is C21H21ClFN7O2. The molecule has 1 saturated carbocycles. The van der Waals surface area contributed by atoms with E-state index in [-0.39, 0.29) is 22.7 Å². The zero-order chi connectivity index (χ0) is 22.6. The summed E-state index contributed by atoms with van der Waals surface area (Å²) in [6.07, 6.45) is 4.05. The Morgan fingerprint density at radius 3 is 2.69 bits per heavy atom. The third kappa shape index (κ3) is 3.44. The van der Waals surface area contributed by atoms with Crippen LogP contribution in [0, 0.1) is 23.6 Å². The lowest BCUT2D eigenvalue weighted by atomic mass is 10.2. The van der Waals surface area contributed by atoms with Crippen LogP contribution in [-0.4, -0.2) is 54.8 Å². The van der Waals surface area contributed by atoms with E-state index >= 15 is 0 Å². The fraction of sp³-hybridized carbons (Fsp3) is 0.381. The maximum absolute atomic E-state index is 14.1. The van der Waals surface area contributed by atoms with Gasteiger partial charge in [0, 0.05) is 51.6 Å². The summed E-state index contributed by atoms with van der Waals surface area (Å²) in [7, 11) is 3.32. The van der Waals surface area contributed by atoms with Gasteiger partial charge < -0.3 is 10.2 Å². The number of carbonyl (C=O) groups excluding carboxylic acids is 1. The number of hydrogen-bond acceptors (Lipinski definition) is 6. The smallest absolute Gasteiger partial charge is 0.258 e. The zero-order valence-electron chi connectivity index (χ0n) is 17.5. The highest BCUT2D eigenvalue weighted by atomic mass is 35.5. The van der Waals surface area contributed by atoms with Crippen molar-refractivity contribution in [3.63, 3.8) is 0 Å². The fourth-order valence-corrected chi connectivity index (χ4v) is 4.66. The lowest BCUT2D eigenvalue weighted by Crippen LogP contribution is -2.32. The summed E-state index contributed by atoms with van der Waals surface area (Å²) in [5.74, 6) is 0.900. The van der Waals surface area contributed by atoms with Crippen molar-refractivity contribution in [3.05, 3.63) is 57.6 Å². The first-order valence-electron chi connectivity index (χ1n) is 10.2. The number of aryl methyl sites for hydroxylation is 1. The van der Waals surface area contributed by atoms with Gasteiger partial charge in [-0.25, -0.2) is 9.37 Å². The van der Waals surface area contributed by atoms with Crippen molar-refractivity contribution < 1.29 is 9.18 Å². The maximum Gasteiger partial charge on any atom is 0.258 e. The van der Waals surface area contributed by atoms with E-state index in [0.717, 1.165) is 6.20 Å². The van der Waals surface area contributed by atoms with Crippen LogP contribution in [0.25, 0.3) is 11.3 Å². The second-order valence-electron chi connectivity index (χ2n) is 8.27. The molecule has 1 N–H and O–H groups in total. The lowest BCUT2D eigenvalue weighted by molar-refractivity contribution is 0.0769. The molecule has 2 atom stereocenters. The zero-order valence-corrected chi connectivity index (χ0v) is 18.3. The standard InChI is InChI=1S/C21H21ClFN7O2/c1-28-18(31)5-17(11-3-4-24-8-16(11)23)27-21(28)25-6-12-14-9-30(10-15(12)14)20(32)13-7-26-29(2)19(13)22/h3-5,7-8,12,14-15H,6,9-10H2,1-2H3,(H,25,27). The largest absolute Gasteiger partial charge is 0.355 e. The molecule has 3 aromatic rings. The third-order valence-corrected chi connectivity index (χ3v) is 6.88. The Kier molecular flexibility index (Phi) is 4.96. The summed E-state index contributed by atoms with van der Waals surface area (Å²) in [6, 6.07) is 2.80. The number of pyridine rings is 1. The van der Waals surface area contributed by atoms with E-state index in [2.05, 4.69) is 20.4 Å². The van der Waals surface area contributed by atoms with E-state index in [1.165, 1.54) is 33.8 Å². The highest BCUT2D eigenvalue weighted by Gasteiger charge is 2.56. The van der Waals surface area contributed by atoms with Gasteiger partial charge in [-0.1, -0.05) is 11.6 Å². The molecule has 3 aromatic heterocycles. The van der Waals surface area contributed by atoms with Gasteiger partial charge in [0.1, 0.15) is 5.15 Å². The van der Waals surface area contributed by atoms with Crippen molar-refractivity contribution in [2.75, 3.05) is 25.0 Å². The second kappa shape index (κ2) is 7.70. The monoisotopic (exact) mass is 457 g/mol. The minimum absolute atomic E-state index is 0.0989. The molecule has 166 valence electrons. The first kappa shape index (κ1) is 20.6. The SMILES string of the molecule is Cn1ncc(C(=O)N2CC3C(CNc4nc(-c5ccncc5F)cc(=O)n4C)C3C2)c1Cl. The number of nitrogens with one attached hydrogen (secondary N) is 1. The average Bonchev–Trinajstić information content (AvgIpc) is 3.07. The molecule has 0 bridgehead atoms. The van der Waals surface area contributed by atoms with Crippen molar-refractivity contribution in [1.29, 1.82) is 0 Å². The van der Waals surface area contributed by atoms with Crippen LogP contribution in [0.1, 0.15) is 10.4 Å². The fourth-order valence-electron chi connectivity index (χ4n) is 4.48. The summed E-state index contributed by atoms with van der Waals surface area (Å²) in [5, 5.41) is 7.61. The Balaban J connectivity index is 1.24. The number of anilines is 1. The molecule has 0 aromatic carbocycles. The number of aromatic nitrogens is 5. The van der Waals surface area contributed by atoms with Gasteiger partial charge in [0.15, 0.2) is 5.82 Å². The molecule has 2 unspecified atom stereocenters. The molecule has 1 saturated heterocycles. The van der Waals surface area contributed by atoms with Crippen molar-refractivity contribution in [1.82, 2.24) is 29.2 Å². The Bertz CT molecular complexity index is 1260. The predicted molar refractivity (Wildman–Crippen MR) is 116 cm³/mol. The van der Waals surface area contributed by atoms with E-state index in [9.17, 15) is 14.0 Å². The van der Waals surface area contributed by atoms with Crippen molar-refractivity contribution in [2.24, 2.45) is 31.8 Å². The number of carbonyl (C=O) groups is 1. The first-order valence-corrected chi connectivity index (χ1v) is 10.6. The Labute approximate surface area is 187 Å². The molecule has 1 aliphatic heterocycles. The maximum atomic E-state index is 14.1. The van der Waals surface area contributed by atoms with Gasteiger partial charge >= 0.3 is 0 Å². The first-order chi connectivity index (χ1) is 15.3. The number of halogens is 2. The molecule has 0 spiro atoms. The quantitative estimate of drug-likeness (QED) is 0.627. The highest BCUT2D eigenvalue weighted by Crippen LogP contribution is 2.51. The molecule has 4 heterocycles. The van der Waals surface area contributed by atoms with Gasteiger partial charge in [-0.05, 0) is 23.8 Å². The van der Waals surface area contributed by atoms with Crippen molar-refractivity contribution >= 4 is 23.5 Å². The number of likely N-dealkylation sites (tertiary alicyclic amines) is 1. The van der Waals surface area contributed by atoms with Crippen molar-refractivity contribution in [2.45, 2.75) is 0 Å². The van der Waals surface area contributed by atoms with Crippen LogP contribution in [0.3, 0.4) is 0 Å². The molecule has 1 aliphatic carbocycles. The number of piperidine rings is 1. The van der Waals surface area contributed by atoms with E-state index in [1.807, 2.05) is 4.90 Å². The van der Waals surface area contributed by atoms with Gasteiger partial charge in [0.25, 0.3) is 11.5 Å². The molecule has 11 heteroatoms. The molecule has 2 fully saturated rings. The topological polar surface area (TPSA) is 97.9 Å². The highest BCUT2D eigenvalue weighted by molar-refractivity contribution is 6.32. The van der Waals surface area contributed by atoms with Crippen LogP contribution >= 0.6 is 11.6 Å². The normalized spacial score (nSPS) is 21.5. The number of rotatable bonds is 5. The van der Waals surface area contributed by atoms with Gasteiger partial charge in [-0.15, -0.1) is 0 Å². The summed E-state index contributed by atoms with van der Waals surface area (Å²) < 4.78 is 17.0. The molecule has 9 nitrogen and oxygen atoms in total. The average molecular weight is 458 g/mol. The van der Waals surface area contributed by atoms with Gasteiger partial charge in [-0.2, -0.15) is 5.10 Å². The number of nitrogens with zero attached hydrogens (tertiary/aromatic N) is 6. The van der Waals surface area contributed by atoms with Crippen LogP contribution < -0.4 is 10.9 Å². The van der Waals surface area contributed by atoms with Gasteiger partial charge in [0.05, 0.1) is 23.7 Å². The predicted octanol–water partition coefficient (Wildman–Crippen LogP) is 1.80. The van der Waals surface area contributed by atoms with Crippen molar-refractivity contribution in [3.8, 4) is 11.3 Å². The second-order valence-corrected chi connectivity index (χ2v) is 8.63. The van der Waals surface area contributed by atoms with Gasteiger partial charge in [0.2, 0.25) is 5.95 Å². The Morgan fingerprint density at radius 1 is 1.28 bits per heavy atom. The summed E-state index contributed by atoms with van der Waals surface area (Å²) >= 11 is 6.15. The van der Waals surface area contributed by atoms with E-state index in [0.29, 0.717) is 54.1 Å². The van der Waals surface area contributed by atoms with Crippen LogP contribution in [0.2, 0.25) is 5.15 Å². The van der Waals surface area contributed by atoms with Crippen LogP contribution in [0.15, 0.2) is 35.5 Å². The van der Waals surface area contributed by atoms with Crippen LogP contribution in [0.4, 0.5) is 10.3 Å². The molecule has 32 heavy (non-hydrogen) atoms. The summed E-state index contributed by atoms with van der Waals surface area (Å²) in [5.41, 5.74) is 0.628. The molecule has 1 amide bonds. The number of amides is 1.